The number of likely N-dealkylation sites (tertiary alicyclic amines) is 1. The monoisotopic (exact) mass is 481 g/mol. The van der Waals surface area contributed by atoms with Gasteiger partial charge in [-0.2, -0.15) is 0 Å². The maximum absolute atomic E-state index is 13.5. The maximum atomic E-state index is 13.5. The zero-order chi connectivity index (χ0) is 22.2. The van der Waals surface area contributed by atoms with Crippen LogP contribution in [0.3, 0.4) is 0 Å². The Morgan fingerprint density at radius 1 is 0.875 bits per heavy atom. The van der Waals surface area contributed by atoms with Crippen LogP contribution < -0.4 is 0 Å². The highest BCUT2D eigenvalue weighted by Gasteiger charge is 2.50. The zero-order valence-electron chi connectivity index (χ0n) is 18.1. The summed E-state index contributed by atoms with van der Waals surface area (Å²) in [6.45, 7) is 5.11. The number of amides is 2. The maximum Gasteiger partial charge on any atom is 0.230 e. The molecule has 9 heteroatoms. The molecule has 1 aromatic carbocycles. The summed E-state index contributed by atoms with van der Waals surface area (Å²) in [7, 11) is 0. The molecule has 4 heterocycles. The van der Waals surface area contributed by atoms with Crippen molar-refractivity contribution in [2.24, 2.45) is 5.92 Å². The van der Waals surface area contributed by atoms with Gasteiger partial charge in [-0.05, 0) is 43.6 Å². The average molecular weight is 482 g/mol. The first-order chi connectivity index (χ1) is 15.5. The smallest absolute Gasteiger partial charge is 0.230 e. The minimum Gasteiger partial charge on any atom is -0.380 e. The molecule has 4 fully saturated rings. The SMILES string of the molecule is O=C(C1COC1)N1CCN(C(=O)Cc2ccc(Cl)c(Cl)c2)[C@@H]2C(N3CCCC3)COCC21. The number of carbonyl (C=O) groups excluding carboxylic acids is 2. The molecule has 2 unspecified atom stereocenters. The molecular formula is C23H29Cl2N3O4. The van der Waals surface area contributed by atoms with Crippen molar-refractivity contribution in [1.82, 2.24) is 14.7 Å². The molecule has 0 spiro atoms. The fraction of sp³-hybridized carbons (Fsp3) is 0.652. The third-order valence-corrected chi connectivity index (χ3v) is 7.99. The van der Waals surface area contributed by atoms with Gasteiger partial charge in [0.2, 0.25) is 11.8 Å². The van der Waals surface area contributed by atoms with E-state index in [4.69, 9.17) is 32.7 Å². The van der Waals surface area contributed by atoms with E-state index in [1.807, 2.05) is 15.9 Å². The number of rotatable bonds is 4. The second kappa shape index (κ2) is 9.47. The molecule has 0 saturated carbocycles. The van der Waals surface area contributed by atoms with Crippen LogP contribution in [0.2, 0.25) is 10.0 Å². The second-order valence-electron chi connectivity index (χ2n) is 9.18. The number of benzene rings is 1. The summed E-state index contributed by atoms with van der Waals surface area (Å²) >= 11 is 12.2. The largest absolute Gasteiger partial charge is 0.380 e. The van der Waals surface area contributed by atoms with Gasteiger partial charge in [0.25, 0.3) is 0 Å². The lowest BCUT2D eigenvalue weighted by Crippen LogP contribution is -2.73. The summed E-state index contributed by atoms with van der Waals surface area (Å²) in [5, 5.41) is 0.933. The molecule has 7 nitrogen and oxygen atoms in total. The highest BCUT2D eigenvalue weighted by molar-refractivity contribution is 6.42. The van der Waals surface area contributed by atoms with Gasteiger partial charge in [0.05, 0.1) is 66.9 Å². The van der Waals surface area contributed by atoms with E-state index < -0.39 is 0 Å². The first kappa shape index (κ1) is 22.4. The van der Waals surface area contributed by atoms with E-state index in [0.717, 1.165) is 31.5 Å². The van der Waals surface area contributed by atoms with Gasteiger partial charge >= 0.3 is 0 Å². The Kier molecular flexibility index (Phi) is 6.63. The first-order valence-electron chi connectivity index (χ1n) is 11.5. The van der Waals surface area contributed by atoms with E-state index in [1.54, 1.807) is 12.1 Å². The van der Waals surface area contributed by atoms with Crippen molar-refractivity contribution in [1.29, 1.82) is 0 Å². The second-order valence-corrected chi connectivity index (χ2v) is 10.00. The Morgan fingerprint density at radius 2 is 1.56 bits per heavy atom. The number of nitrogens with zero attached hydrogens (tertiary/aromatic N) is 3. The number of hydrogen-bond donors (Lipinski definition) is 0. The molecule has 0 N–H and O–H groups in total. The van der Waals surface area contributed by atoms with Gasteiger partial charge in [0.15, 0.2) is 0 Å². The molecule has 4 aliphatic rings. The molecule has 3 atom stereocenters. The first-order valence-corrected chi connectivity index (χ1v) is 12.2. The Bertz CT molecular complexity index is 875. The van der Waals surface area contributed by atoms with Crippen LogP contribution in [0.4, 0.5) is 0 Å². The average Bonchev–Trinajstić information content (AvgIpc) is 3.28. The molecule has 2 amide bonds. The predicted molar refractivity (Wildman–Crippen MR) is 121 cm³/mol. The number of fused-ring (bicyclic) bond motifs is 1. The van der Waals surface area contributed by atoms with Gasteiger partial charge in [-0.25, -0.2) is 0 Å². The molecule has 1 aromatic rings. The quantitative estimate of drug-likeness (QED) is 0.658. The Hall–Kier alpha value is -1.38. The van der Waals surface area contributed by atoms with Crippen LogP contribution >= 0.6 is 23.2 Å². The molecule has 4 aliphatic heterocycles. The number of ether oxygens (including phenoxy) is 2. The highest BCUT2D eigenvalue weighted by Crippen LogP contribution is 2.32. The van der Waals surface area contributed by atoms with Crippen LogP contribution in [0, 0.1) is 5.92 Å². The van der Waals surface area contributed by atoms with Gasteiger partial charge in [-0.15, -0.1) is 0 Å². The van der Waals surface area contributed by atoms with Crippen molar-refractivity contribution in [3.05, 3.63) is 33.8 Å². The van der Waals surface area contributed by atoms with Crippen molar-refractivity contribution in [2.45, 2.75) is 37.4 Å². The van der Waals surface area contributed by atoms with E-state index in [-0.39, 0.29) is 42.3 Å². The number of carbonyl (C=O) groups is 2. The number of halogens is 2. The number of hydrogen-bond acceptors (Lipinski definition) is 5. The van der Waals surface area contributed by atoms with E-state index in [9.17, 15) is 9.59 Å². The van der Waals surface area contributed by atoms with Crippen molar-refractivity contribution in [3.63, 3.8) is 0 Å². The molecule has 5 rings (SSSR count). The van der Waals surface area contributed by atoms with Crippen molar-refractivity contribution in [2.75, 3.05) is 52.6 Å². The Labute approximate surface area is 198 Å². The summed E-state index contributed by atoms with van der Waals surface area (Å²) in [4.78, 5) is 33.1. The van der Waals surface area contributed by atoms with Gasteiger partial charge < -0.3 is 19.3 Å². The zero-order valence-corrected chi connectivity index (χ0v) is 19.6. The van der Waals surface area contributed by atoms with Crippen molar-refractivity contribution >= 4 is 35.0 Å². The van der Waals surface area contributed by atoms with Crippen molar-refractivity contribution < 1.29 is 19.1 Å². The Balaban J connectivity index is 1.40. The lowest BCUT2D eigenvalue weighted by atomic mass is 9.89. The highest BCUT2D eigenvalue weighted by atomic mass is 35.5. The van der Waals surface area contributed by atoms with Gasteiger partial charge in [0, 0.05) is 13.1 Å². The lowest BCUT2D eigenvalue weighted by Gasteiger charge is -2.55. The molecule has 32 heavy (non-hydrogen) atoms. The van der Waals surface area contributed by atoms with Gasteiger partial charge in [-0.3, -0.25) is 14.5 Å². The molecular weight excluding hydrogens is 453 g/mol. The van der Waals surface area contributed by atoms with Crippen LogP contribution in [0.5, 0.6) is 0 Å². The molecule has 0 bridgehead atoms. The van der Waals surface area contributed by atoms with Crippen LogP contribution in [0.15, 0.2) is 18.2 Å². The summed E-state index contributed by atoms with van der Waals surface area (Å²) in [5.41, 5.74) is 0.843. The molecule has 174 valence electrons. The molecule has 0 radical (unpaired) electrons. The van der Waals surface area contributed by atoms with E-state index >= 15 is 0 Å². The van der Waals surface area contributed by atoms with Gasteiger partial charge in [-0.1, -0.05) is 29.3 Å². The van der Waals surface area contributed by atoms with Crippen LogP contribution in [-0.4, -0.2) is 97.2 Å². The number of piperazine rings is 1. The third kappa shape index (κ3) is 4.26. The minimum absolute atomic E-state index is 0.0589. The van der Waals surface area contributed by atoms with E-state index in [0.29, 0.717) is 49.6 Å². The molecule has 4 saturated heterocycles. The summed E-state index contributed by atoms with van der Waals surface area (Å²) in [6.07, 6.45) is 2.58. The molecule has 0 aliphatic carbocycles. The predicted octanol–water partition coefficient (Wildman–Crippen LogP) is 2.08. The Morgan fingerprint density at radius 3 is 2.25 bits per heavy atom. The minimum atomic E-state index is -0.131. The van der Waals surface area contributed by atoms with Crippen LogP contribution in [-0.2, 0) is 25.5 Å². The summed E-state index contributed by atoms with van der Waals surface area (Å²) in [6, 6.07) is 5.24. The van der Waals surface area contributed by atoms with E-state index in [2.05, 4.69) is 4.90 Å². The van der Waals surface area contributed by atoms with Gasteiger partial charge in [0.1, 0.15) is 0 Å². The summed E-state index contributed by atoms with van der Waals surface area (Å²) in [5.74, 6) is 0.123. The normalized spacial score (nSPS) is 29.0. The van der Waals surface area contributed by atoms with E-state index in [1.165, 1.54) is 0 Å². The summed E-state index contributed by atoms with van der Waals surface area (Å²) < 4.78 is 11.3. The molecule has 0 aromatic heterocycles. The topological polar surface area (TPSA) is 62.3 Å². The van der Waals surface area contributed by atoms with Crippen LogP contribution in [0.1, 0.15) is 18.4 Å². The third-order valence-electron chi connectivity index (χ3n) is 7.25. The fourth-order valence-corrected chi connectivity index (χ4v) is 5.80. The lowest BCUT2D eigenvalue weighted by molar-refractivity contribution is -0.173. The van der Waals surface area contributed by atoms with Crippen molar-refractivity contribution in [3.8, 4) is 0 Å². The fourth-order valence-electron chi connectivity index (χ4n) is 5.48. The standard InChI is InChI=1S/C23H29Cl2N3O4/c24-17-4-3-15(9-18(17)25)10-21(29)28-8-7-27(23(30)16-11-31-12-16)20-14-32-13-19(22(20)28)26-5-1-2-6-26/h3-4,9,16,19-20,22H,1-2,5-8,10-14H2/t19?,20?,22-/m1/s1. The van der Waals surface area contributed by atoms with Crippen LogP contribution in [0.25, 0.3) is 0 Å².